The van der Waals surface area contributed by atoms with Crippen LogP contribution in [0.25, 0.3) is 0 Å². The fourth-order valence-corrected chi connectivity index (χ4v) is 3.92. The van der Waals surface area contributed by atoms with Crippen molar-refractivity contribution < 1.29 is 24.1 Å². The molecule has 6 nitrogen and oxygen atoms in total. The standard InChI is InChI=1S/C21H33NO5/c1-13-12-18(27-11-10-26-5)15(3)19-16(13)6-7-17(20(19)23)14(2)21(24)22-8-9-25-4/h12,14,17,20,23H,6-11H2,1-5H3,(H,22,24)/t14-,17?,20+/m0/s1. The molecule has 1 aliphatic carbocycles. The topological polar surface area (TPSA) is 77.0 Å². The summed E-state index contributed by atoms with van der Waals surface area (Å²) >= 11 is 0. The summed E-state index contributed by atoms with van der Waals surface area (Å²) in [6.45, 7) is 7.86. The molecule has 3 atom stereocenters. The molecule has 0 saturated carbocycles. The highest BCUT2D eigenvalue weighted by Gasteiger charge is 2.37. The molecule has 2 N–H and O–H groups in total. The summed E-state index contributed by atoms with van der Waals surface area (Å²) in [6, 6.07) is 2.04. The number of hydrogen-bond acceptors (Lipinski definition) is 5. The second kappa shape index (κ2) is 10.1. The summed E-state index contributed by atoms with van der Waals surface area (Å²) in [7, 11) is 3.25. The monoisotopic (exact) mass is 379 g/mol. The molecule has 0 saturated heterocycles. The van der Waals surface area contributed by atoms with E-state index >= 15 is 0 Å². The molecule has 0 heterocycles. The normalized spacial score (nSPS) is 20.1. The minimum Gasteiger partial charge on any atom is -0.491 e. The first kappa shape index (κ1) is 21.7. The Morgan fingerprint density at radius 1 is 1.26 bits per heavy atom. The van der Waals surface area contributed by atoms with E-state index in [1.807, 2.05) is 19.9 Å². The van der Waals surface area contributed by atoms with E-state index in [-0.39, 0.29) is 17.7 Å². The predicted molar refractivity (Wildman–Crippen MR) is 104 cm³/mol. The van der Waals surface area contributed by atoms with Crippen LogP contribution in [0, 0.1) is 25.7 Å². The van der Waals surface area contributed by atoms with Crippen LogP contribution in [-0.2, 0) is 20.7 Å². The van der Waals surface area contributed by atoms with Gasteiger partial charge in [-0.1, -0.05) is 6.92 Å². The zero-order valence-electron chi connectivity index (χ0n) is 17.1. The molecular weight excluding hydrogens is 346 g/mol. The molecule has 6 heteroatoms. The first-order valence-corrected chi connectivity index (χ1v) is 9.61. The lowest BCUT2D eigenvalue weighted by Crippen LogP contribution is -2.39. The van der Waals surface area contributed by atoms with E-state index in [2.05, 4.69) is 12.2 Å². The molecule has 0 bridgehead atoms. The van der Waals surface area contributed by atoms with Gasteiger partial charge in [-0.25, -0.2) is 0 Å². The number of aliphatic hydroxyl groups is 1. The number of carbonyl (C=O) groups is 1. The summed E-state index contributed by atoms with van der Waals surface area (Å²) < 4.78 is 15.9. The maximum atomic E-state index is 12.5. The Morgan fingerprint density at radius 2 is 1.96 bits per heavy atom. The number of rotatable bonds is 9. The maximum Gasteiger partial charge on any atom is 0.223 e. The quantitative estimate of drug-likeness (QED) is 0.644. The van der Waals surface area contributed by atoms with Gasteiger partial charge in [-0.2, -0.15) is 0 Å². The molecule has 1 aromatic rings. The van der Waals surface area contributed by atoms with Gasteiger partial charge in [0.25, 0.3) is 0 Å². The Labute approximate surface area is 162 Å². The van der Waals surface area contributed by atoms with Crippen molar-refractivity contribution in [3.05, 3.63) is 28.3 Å². The van der Waals surface area contributed by atoms with E-state index in [4.69, 9.17) is 14.2 Å². The van der Waals surface area contributed by atoms with Gasteiger partial charge in [0, 0.05) is 32.6 Å². The Hall–Kier alpha value is -1.63. The summed E-state index contributed by atoms with van der Waals surface area (Å²) in [5.41, 5.74) is 4.19. The molecule has 2 rings (SSSR count). The number of nitrogens with one attached hydrogen (secondary N) is 1. The number of methoxy groups -OCH3 is 2. The third-order valence-corrected chi connectivity index (χ3v) is 5.56. The van der Waals surface area contributed by atoms with E-state index < -0.39 is 6.10 Å². The van der Waals surface area contributed by atoms with E-state index in [1.165, 1.54) is 5.56 Å². The van der Waals surface area contributed by atoms with Crippen molar-refractivity contribution in [2.24, 2.45) is 11.8 Å². The molecule has 1 aliphatic rings. The van der Waals surface area contributed by atoms with Gasteiger partial charge < -0.3 is 24.6 Å². The van der Waals surface area contributed by atoms with Crippen LogP contribution < -0.4 is 10.1 Å². The number of carbonyl (C=O) groups excluding carboxylic acids is 1. The van der Waals surface area contributed by atoms with Gasteiger partial charge >= 0.3 is 0 Å². The zero-order chi connectivity index (χ0) is 20.0. The third kappa shape index (κ3) is 5.00. The lowest BCUT2D eigenvalue weighted by molar-refractivity contribution is -0.128. The van der Waals surface area contributed by atoms with E-state index in [9.17, 15) is 9.90 Å². The average Bonchev–Trinajstić information content (AvgIpc) is 2.65. The average molecular weight is 379 g/mol. The Balaban J connectivity index is 2.21. The second-order valence-corrected chi connectivity index (χ2v) is 7.27. The highest BCUT2D eigenvalue weighted by atomic mass is 16.5. The first-order chi connectivity index (χ1) is 12.9. The number of benzene rings is 1. The molecule has 0 aliphatic heterocycles. The highest BCUT2D eigenvalue weighted by Crippen LogP contribution is 2.43. The number of fused-ring (bicyclic) bond motifs is 1. The van der Waals surface area contributed by atoms with Crippen LogP contribution in [0.5, 0.6) is 5.75 Å². The molecule has 1 amide bonds. The van der Waals surface area contributed by atoms with Crippen molar-refractivity contribution in [3.63, 3.8) is 0 Å². The van der Waals surface area contributed by atoms with Crippen LogP contribution in [0.1, 0.15) is 41.7 Å². The summed E-state index contributed by atoms with van der Waals surface area (Å²) in [5.74, 6) is 0.344. The van der Waals surface area contributed by atoms with Crippen LogP contribution in [0.2, 0.25) is 0 Å². The molecular formula is C21H33NO5. The first-order valence-electron chi connectivity index (χ1n) is 9.61. The third-order valence-electron chi connectivity index (χ3n) is 5.56. The summed E-state index contributed by atoms with van der Waals surface area (Å²) in [4.78, 5) is 12.5. The van der Waals surface area contributed by atoms with Crippen LogP contribution in [0.15, 0.2) is 6.07 Å². The summed E-state index contributed by atoms with van der Waals surface area (Å²) in [6.07, 6.45) is 0.969. The van der Waals surface area contributed by atoms with Gasteiger partial charge in [0.05, 0.1) is 19.3 Å². The van der Waals surface area contributed by atoms with E-state index in [1.54, 1.807) is 14.2 Å². The molecule has 1 aromatic carbocycles. The number of ether oxygens (including phenoxy) is 3. The molecule has 0 fully saturated rings. The van der Waals surface area contributed by atoms with Crippen molar-refractivity contribution in [3.8, 4) is 5.75 Å². The zero-order valence-corrected chi connectivity index (χ0v) is 17.1. The van der Waals surface area contributed by atoms with Gasteiger partial charge in [-0.05, 0) is 55.0 Å². The van der Waals surface area contributed by atoms with Crippen molar-refractivity contribution in [2.45, 2.75) is 39.7 Å². The van der Waals surface area contributed by atoms with Crippen molar-refractivity contribution in [2.75, 3.05) is 40.6 Å². The van der Waals surface area contributed by atoms with Crippen molar-refractivity contribution >= 4 is 5.91 Å². The number of amides is 1. The second-order valence-electron chi connectivity index (χ2n) is 7.27. The van der Waals surface area contributed by atoms with Gasteiger partial charge in [0.1, 0.15) is 12.4 Å². The highest BCUT2D eigenvalue weighted by molar-refractivity contribution is 5.78. The molecule has 27 heavy (non-hydrogen) atoms. The van der Waals surface area contributed by atoms with Crippen LogP contribution >= 0.6 is 0 Å². The molecule has 1 unspecified atom stereocenters. The lowest BCUT2D eigenvalue weighted by Gasteiger charge is -2.36. The Morgan fingerprint density at radius 3 is 2.63 bits per heavy atom. The van der Waals surface area contributed by atoms with E-state index in [0.717, 1.165) is 35.3 Å². The fraction of sp³-hybridized carbons (Fsp3) is 0.667. The van der Waals surface area contributed by atoms with Gasteiger partial charge in [0.2, 0.25) is 5.91 Å². The fourth-order valence-electron chi connectivity index (χ4n) is 3.92. The minimum atomic E-state index is -0.679. The van der Waals surface area contributed by atoms with Gasteiger partial charge in [-0.15, -0.1) is 0 Å². The van der Waals surface area contributed by atoms with Crippen LogP contribution in [-0.4, -0.2) is 51.6 Å². The summed E-state index contributed by atoms with van der Waals surface area (Å²) in [5, 5.41) is 14.0. The van der Waals surface area contributed by atoms with Gasteiger partial charge in [0.15, 0.2) is 0 Å². The molecule has 152 valence electrons. The lowest BCUT2D eigenvalue weighted by atomic mass is 9.72. The maximum absolute atomic E-state index is 12.5. The molecule has 0 radical (unpaired) electrons. The van der Waals surface area contributed by atoms with E-state index in [0.29, 0.717) is 26.4 Å². The van der Waals surface area contributed by atoms with Crippen molar-refractivity contribution in [1.82, 2.24) is 5.32 Å². The molecule has 0 aromatic heterocycles. The van der Waals surface area contributed by atoms with Crippen LogP contribution in [0.3, 0.4) is 0 Å². The number of aliphatic hydroxyl groups excluding tert-OH is 1. The van der Waals surface area contributed by atoms with Crippen molar-refractivity contribution in [1.29, 1.82) is 0 Å². The van der Waals surface area contributed by atoms with Gasteiger partial charge in [-0.3, -0.25) is 4.79 Å². The SMILES string of the molecule is COCCNC(=O)[C@@H](C)C1CCc2c(C)cc(OCCOC)c(C)c2[C@@H]1O. The minimum absolute atomic E-state index is 0.0403. The smallest absolute Gasteiger partial charge is 0.223 e. The van der Waals surface area contributed by atoms with Crippen LogP contribution in [0.4, 0.5) is 0 Å². The largest absolute Gasteiger partial charge is 0.491 e. The predicted octanol–water partition coefficient (Wildman–Crippen LogP) is 2.32. The number of aryl methyl sites for hydroxylation is 1. The molecule has 0 spiro atoms. The Kier molecular flexibility index (Phi) is 8.07. The number of hydrogen-bond donors (Lipinski definition) is 2. The Bertz CT molecular complexity index is 646.